The molecular weight excluding hydrogens is 292 g/mol. The molecule has 0 aliphatic carbocycles. The average Bonchev–Trinajstić information content (AvgIpc) is 3.01. The lowest BCUT2D eigenvalue weighted by Crippen LogP contribution is -2.53. The molecule has 0 unspecified atom stereocenters. The van der Waals surface area contributed by atoms with Gasteiger partial charge in [-0.05, 0) is 38.0 Å². The summed E-state index contributed by atoms with van der Waals surface area (Å²) in [6.07, 6.45) is 1.54. The number of piperidine rings is 1. The van der Waals surface area contributed by atoms with E-state index < -0.39 is 6.04 Å². The van der Waals surface area contributed by atoms with Gasteiger partial charge in [0.05, 0.1) is 0 Å². The molecule has 1 aliphatic rings. The lowest BCUT2D eigenvalue weighted by molar-refractivity contribution is -0.124. The van der Waals surface area contributed by atoms with Gasteiger partial charge in [-0.25, -0.2) is 0 Å². The first kappa shape index (κ1) is 15.3. The molecule has 6 heteroatoms. The Morgan fingerprint density at radius 3 is 2.74 bits per heavy atom. The van der Waals surface area contributed by atoms with E-state index in [1.165, 1.54) is 4.90 Å². The number of H-pyrrole nitrogens is 1. The molecule has 0 bridgehead atoms. The molecule has 1 aromatic carbocycles. The topological polar surface area (TPSA) is 69.3 Å². The van der Waals surface area contributed by atoms with Crippen molar-refractivity contribution in [3.8, 4) is 0 Å². The fourth-order valence-corrected chi connectivity index (χ4v) is 2.93. The first-order valence-corrected chi connectivity index (χ1v) is 7.73. The molecule has 6 nitrogen and oxygen atoms in total. The number of carbonyl (C=O) groups excluding carboxylic acids is 2. The van der Waals surface area contributed by atoms with Crippen molar-refractivity contribution in [1.82, 2.24) is 15.1 Å². The number of aromatic nitrogens is 2. The van der Waals surface area contributed by atoms with Gasteiger partial charge < -0.3 is 9.80 Å². The van der Waals surface area contributed by atoms with Gasteiger partial charge in [-0.15, -0.1) is 0 Å². The number of amides is 2. The Balaban J connectivity index is 1.79. The van der Waals surface area contributed by atoms with Gasteiger partial charge in [-0.2, -0.15) is 5.10 Å². The molecule has 0 radical (unpaired) electrons. The van der Waals surface area contributed by atoms with Crippen molar-refractivity contribution in [3.05, 3.63) is 47.8 Å². The molecule has 1 atom stereocenters. The van der Waals surface area contributed by atoms with Crippen LogP contribution in [0.15, 0.2) is 36.4 Å². The molecule has 1 N–H and O–H groups in total. The summed E-state index contributed by atoms with van der Waals surface area (Å²) in [5.41, 5.74) is 2.04. The Hall–Kier alpha value is -2.63. The lowest BCUT2D eigenvalue weighted by atomic mass is 10.0. The molecule has 1 fully saturated rings. The highest BCUT2D eigenvalue weighted by molar-refractivity contribution is 6.02. The zero-order valence-electron chi connectivity index (χ0n) is 13.3. The molecule has 0 spiro atoms. The number of carbonyl (C=O) groups is 2. The van der Waals surface area contributed by atoms with Crippen molar-refractivity contribution in [1.29, 1.82) is 0 Å². The molecule has 2 amide bonds. The summed E-state index contributed by atoms with van der Waals surface area (Å²) < 4.78 is 0. The van der Waals surface area contributed by atoms with Crippen LogP contribution in [-0.2, 0) is 4.79 Å². The number of anilines is 1. The van der Waals surface area contributed by atoms with Gasteiger partial charge in [0.2, 0.25) is 5.91 Å². The quantitative estimate of drug-likeness (QED) is 0.942. The second-order valence-electron chi connectivity index (χ2n) is 5.84. The van der Waals surface area contributed by atoms with E-state index in [1.807, 2.05) is 37.3 Å². The number of hydrogen-bond donors (Lipinski definition) is 1. The third-order valence-electron chi connectivity index (χ3n) is 4.19. The van der Waals surface area contributed by atoms with Gasteiger partial charge in [0.25, 0.3) is 5.91 Å². The normalized spacial score (nSPS) is 18.1. The second-order valence-corrected chi connectivity index (χ2v) is 5.84. The van der Waals surface area contributed by atoms with Crippen LogP contribution < -0.4 is 4.90 Å². The first-order valence-electron chi connectivity index (χ1n) is 7.73. The Morgan fingerprint density at radius 2 is 2.09 bits per heavy atom. The highest BCUT2D eigenvalue weighted by Crippen LogP contribution is 2.23. The Morgan fingerprint density at radius 1 is 1.35 bits per heavy atom. The molecule has 2 heterocycles. The first-order chi connectivity index (χ1) is 11.1. The number of rotatable bonds is 3. The van der Waals surface area contributed by atoms with Crippen LogP contribution in [0.1, 0.15) is 29.0 Å². The number of para-hydroxylation sites is 1. The largest absolute Gasteiger partial charge is 0.328 e. The van der Waals surface area contributed by atoms with Crippen molar-refractivity contribution in [2.75, 3.05) is 18.5 Å². The summed E-state index contributed by atoms with van der Waals surface area (Å²) in [6.45, 7) is 2.52. The third-order valence-corrected chi connectivity index (χ3v) is 4.19. The van der Waals surface area contributed by atoms with E-state index in [-0.39, 0.29) is 11.8 Å². The van der Waals surface area contributed by atoms with E-state index in [1.54, 1.807) is 18.0 Å². The SMILES string of the molecule is Cc1cc(C(=O)N(C)[C@H]2CCCN(c3ccccc3)C2=O)n[nH]1. The predicted molar refractivity (Wildman–Crippen MR) is 87.2 cm³/mol. The minimum Gasteiger partial charge on any atom is -0.328 e. The van der Waals surface area contributed by atoms with Gasteiger partial charge in [-0.1, -0.05) is 18.2 Å². The maximum atomic E-state index is 12.8. The molecule has 1 aromatic heterocycles. The van der Waals surface area contributed by atoms with E-state index >= 15 is 0 Å². The highest BCUT2D eigenvalue weighted by atomic mass is 16.2. The van der Waals surface area contributed by atoms with Crippen LogP contribution in [0.4, 0.5) is 5.69 Å². The number of aromatic amines is 1. The van der Waals surface area contributed by atoms with E-state index in [9.17, 15) is 9.59 Å². The predicted octanol–water partition coefficient (Wildman–Crippen LogP) is 1.99. The maximum absolute atomic E-state index is 12.8. The summed E-state index contributed by atoms with van der Waals surface area (Å²) in [4.78, 5) is 28.6. The average molecular weight is 312 g/mol. The van der Waals surface area contributed by atoms with Crippen molar-refractivity contribution in [2.45, 2.75) is 25.8 Å². The van der Waals surface area contributed by atoms with Gasteiger partial charge in [0.1, 0.15) is 11.7 Å². The van der Waals surface area contributed by atoms with E-state index in [0.717, 1.165) is 17.8 Å². The van der Waals surface area contributed by atoms with Gasteiger partial charge in [-0.3, -0.25) is 14.7 Å². The minimum absolute atomic E-state index is 0.0365. The molecule has 0 saturated carbocycles. The van der Waals surface area contributed by atoms with Crippen molar-refractivity contribution in [3.63, 3.8) is 0 Å². The fourth-order valence-electron chi connectivity index (χ4n) is 2.93. The number of aryl methyl sites for hydroxylation is 1. The summed E-state index contributed by atoms with van der Waals surface area (Å²) in [6, 6.07) is 10.8. The van der Waals surface area contributed by atoms with Gasteiger partial charge in [0.15, 0.2) is 0 Å². The molecule has 120 valence electrons. The van der Waals surface area contributed by atoms with E-state index in [0.29, 0.717) is 18.7 Å². The molecule has 23 heavy (non-hydrogen) atoms. The van der Waals surface area contributed by atoms with Gasteiger partial charge in [0, 0.05) is 25.0 Å². The Labute approximate surface area is 135 Å². The number of nitrogens with zero attached hydrogens (tertiary/aromatic N) is 3. The van der Waals surface area contributed by atoms with Crippen LogP contribution >= 0.6 is 0 Å². The molecular formula is C17H20N4O2. The summed E-state index contributed by atoms with van der Waals surface area (Å²) in [7, 11) is 1.67. The summed E-state index contributed by atoms with van der Waals surface area (Å²) in [5, 5.41) is 6.75. The zero-order valence-corrected chi connectivity index (χ0v) is 13.3. The highest BCUT2D eigenvalue weighted by Gasteiger charge is 2.35. The fraction of sp³-hybridized carbons (Fsp3) is 0.353. The third kappa shape index (κ3) is 2.97. The van der Waals surface area contributed by atoms with E-state index in [2.05, 4.69) is 10.2 Å². The number of nitrogens with one attached hydrogen (secondary N) is 1. The van der Waals surface area contributed by atoms with Crippen LogP contribution in [0.25, 0.3) is 0 Å². The number of benzene rings is 1. The Kier molecular flexibility index (Phi) is 4.14. The Bertz CT molecular complexity index is 710. The van der Waals surface area contributed by atoms with Gasteiger partial charge >= 0.3 is 0 Å². The van der Waals surface area contributed by atoms with E-state index in [4.69, 9.17) is 0 Å². The van der Waals surface area contributed by atoms with Crippen LogP contribution in [0.3, 0.4) is 0 Å². The maximum Gasteiger partial charge on any atom is 0.274 e. The summed E-state index contributed by atoms with van der Waals surface area (Å²) in [5.74, 6) is -0.270. The monoisotopic (exact) mass is 312 g/mol. The number of likely N-dealkylation sites (N-methyl/N-ethyl adjacent to an activating group) is 1. The van der Waals surface area contributed by atoms with Crippen molar-refractivity contribution < 1.29 is 9.59 Å². The van der Waals surface area contributed by atoms with Crippen LogP contribution in [-0.4, -0.2) is 46.5 Å². The smallest absolute Gasteiger partial charge is 0.274 e. The minimum atomic E-state index is -0.450. The molecule has 3 rings (SSSR count). The van der Waals surface area contributed by atoms with Crippen molar-refractivity contribution in [2.24, 2.45) is 0 Å². The van der Waals surface area contributed by atoms with Crippen LogP contribution in [0.2, 0.25) is 0 Å². The summed E-state index contributed by atoms with van der Waals surface area (Å²) >= 11 is 0. The number of hydrogen-bond acceptors (Lipinski definition) is 3. The molecule has 2 aromatic rings. The van der Waals surface area contributed by atoms with Crippen LogP contribution in [0.5, 0.6) is 0 Å². The van der Waals surface area contributed by atoms with Crippen LogP contribution in [0, 0.1) is 6.92 Å². The molecule has 1 saturated heterocycles. The second kappa shape index (κ2) is 6.24. The lowest BCUT2D eigenvalue weighted by Gasteiger charge is -2.36. The standard InChI is InChI=1S/C17H20N4O2/c1-12-11-14(19-18-12)16(22)20(2)15-9-6-10-21(17(15)23)13-7-4-3-5-8-13/h3-5,7-8,11,15H,6,9-10H2,1-2H3,(H,18,19)/t15-/m0/s1. The van der Waals surface area contributed by atoms with Crippen molar-refractivity contribution >= 4 is 17.5 Å². The zero-order chi connectivity index (χ0) is 16.4. The molecule has 1 aliphatic heterocycles.